The van der Waals surface area contributed by atoms with Gasteiger partial charge in [0.15, 0.2) is 5.75 Å². The van der Waals surface area contributed by atoms with Gasteiger partial charge in [0.1, 0.15) is 17.3 Å². The van der Waals surface area contributed by atoms with Crippen LogP contribution in [0.25, 0.3) is 0 Å². The number of nitrogens with zero attached hydrogens (tertiary/aromatic N) is 2. The number of rotatable bonds is 2. The molecule has 2 aliphatic rings. The van der Waals surface area contributed by atoms with Crippen LogP contribution in [-0.4, -0.2) is 47.5 Å². The number of aliphatic imine (C=N–C) groups is 1. The zero-order valence-corrected chi connectivity index (χ0v) is 16.5. The highest BCUT2D eigenvalue weighted by atomic mass is 35.5. The van der Waals surface area contributed by atoms with E-state index in [1.165, 1.54) is 0 Å². The third kappa shape index (κ3) is 3.34. The van der Waals surface area contributed by atoms with Crippen LogP contribution in [0.2, 0.25) is 5.02 Å². The van der Waals surface area contributed by atoms with Gasteiger partial charge < -0.3 is 20.1 Å². The predicted molar refractivity (Wildman–Crippen MR) is 109 cm³/mol. The summed E-state index contributed by atoms with van der Waals surface area (Å²) >= 11 is 6.27. The van der Waals surface area contributed by atoms with Crippen molar-refractivity contribution in [3.8, 4) is 11.5 Å². The third-order valence-electron chi connectivity index (χ3n) is 5.39. The first kappa shape index (κ1) is 18.8. The van der Waals surface area contributed by atoms with Crippen molar-refractivity contribution in [2.24, 2.45) is 10.4 Å². The van der Waals surface area contributed by atoms with E-state index < -0.39 is 11.4 Å². The van der Waals surface area contributed by atoms with Crippen molar-refractivity contribution in [3.63, 3.8) is 0 Å². The molecule has 2 N–H and O–H groups in total. The van der Waals surface area contributed by atoms with Crippen LogP contribution in [-0.2, 0) is 4.79 Å². The second-order valence-electron chi connectivity index (χ2n) is 7.63. The number of aliphatic carboxylic acids is 1. The minimum Gasteiger partial charge on any atom is -0.481 e. The summed E-state index contributed by atoms with van der Waals surface area (Å²) < 4.78 is 6.10. The smallest absolute Gasteiger partial charge is 0.310 e. The number of amidine groups is 1. The van der Waals surface area contributed by atoms with E-state index in [0.29, 0.717) is 36.2 Å². The fourth-order valence-electron chi connectivity index (χ4n) is 3.51. The molecule has 28 heavy (non-hydrogen) atoms. The minimum absolute atomic E-state index is 0.219. The summed E-state index contributed by atoms with van der Waals surface area (Å²) in [5.41, 5.74) is 0.630. The van der Waals surface area contributed by atoms with Gasteiger partial charge in [0.2, 0.25) is 0 Å². The Balaban J connectivity index is 1.78. The monoisotopic (exact) mass is 399 g/mol. The summed E-state index contributed by atoms with van der Waals surface area (Å²) in [6.07, 6.45) is 0. The molecule has 1 saturated heterocycles. The van der Waals surface area contributed by atoms with E-state index in [4.69, 9.17) is 21.3 Å². The number of piperazine rings is 1. The lowest BCUT2D eigenvalue weighted by molar-refractivity contribution is -0.149. The molecule has 0 radical (unpaired) electrons. The number of nitrogens with one attached hydrogen (secondary N) is 1. The molecule has 0 spiro atoms. The Morgan fingerprint density at radius 2 is 2.07 bits per heavy atom. The van der Waals surface area contributed by atoms with Gasteiger partial charge in [0, 0.05) is 30.7 Å². The maximum atomic E-state index is 11.7. The van der Waals surface area contributed by atoms with Crippen molar-refractivity contribution in [2.45, 2.75) is 19.9 Å². The number of para-hydroxylation sites is 2. The number of carboxylic acids is 1. The second kappa shape index (κ2) is 7.11. The summed E-state index contributed by atoms with van der Waals surface area (Å²) in [5.74, 6) is 1.28. The molecule has 2 heterocycles. The van der Waals surface area contributed by atoms with Crippen LogP contribution in [0.4, 0.5) is 5.69 Å². The van der Waals surface area contributed by atoms with Crippen molar-refractivity contribution < 1.29 is 14.6 Å². The molecular weight excluding hydrogens is 378 g/mol. The fraction of sp³-hybridized carbons (Fsp3) is 0.333. The van der Waals surface area contributed by atoms with Gasteiger partial charge in [-0.3, -0.25) is 4.79 Å². The van der Waals surface area contributed by atoms with E-state index >= 15 is 0 Å². The summed E-state index contributed by atoms with van der Waals surface area (Å²) in [5, 5.41) is 13.6. The molecule has 2 aromatic carbocycles. The number of fused-ring (bicyclic) bond motifs is 2. The lowest BCUT2D eigenvalue weighted by Gasteiger charge is -2.41. The lowest BCUT2D eigenvalue weighted by Crippen LogP contribution is -2.59. The minimum atomic E-state index is -0.907. The molecule has 0 bridgehead atoms. The van der Waals surface area contributed by atoms with Crippen LogP contribution in [0.1, 0.15) is 19.4 Å². The Bertz CT molecular complexity index is 958. The average Bonchev–Trinajstić information content (AvgIpc) is 2.84. The molecular formula is C21H22ClN3O3. The Morgan fingerprint density at radius 3 is 2.86 bits per heavy atom. The number of hydrogen-bond donors (Lipinski definition) is 2. The van der Waals surface area contributed by atoms with Crippen molar-refractivity contribution in [3.05, 3.63) is 53.1 Å². The first-order valence-corrected chi connectivity index (χ1v) is 9.61. The van der Waals surface area contributed by atoms with Crippen LogP contribution >= 0.6 is 11.6 Å². The molecule has 0 amide bonds. The normalized spacial score (nSPS) is 19.0. The van der Waals surface area contributed by atoms with Gasteiger partial charge >= 0.3 is 5.97 Å². The molecule has 146 valence electrons. The molecule has 2 aliphatic heterocycles. The maximum Gasteiger partial charge on any atom is 0.310 e. The Kier molecular flexibility index (Phi) is 4.77. The summed E-state index contributed by atoms with van der Waals surface area (Å²) in [7, 11) is 0. The highest BCUT2D eigenvalue weighted by Gasteiger charge is 2.40. The van der Waals surface area contributed by atoms with E-state index in [1.807, 2.05) is 36.4 Å². The van der Waals surface area contributed by atoms with E-state index in [1.54, 1.807) is 19.9 Å². The largest absolute Gasteiger partial charge is 0.481 e. The average molecular weight is 400 g/mol. The van der Waals surface area contributed by atoms with Crippen LogP contribution in [0.15, 0.2) is 47.5 Å². The number of halogens is 1. The molecule has 2 aromatic rings. The van der Waals surface area contributed by atoms with E-state index in [0.717, 1.165) is 17.1 Å². The van der Waals surface area contributed by atoms with Gasteiger partial charge in [-0.15, -0.1) is 0 Å². The SMILES string of the molecule is CC(C)(C(=O)O)C1CN(C2=Nc3ccccc3Oc3ccc(Cl)cc32)CCN1. The molecule has 4 rings (SSSR count). The maximum absolute atomic E-state index is 11.7. The molecule has 7 heteroatoms. The van der Waals surface area contributed by atoms with Gasteiger partial charge in [0.25, 0.3) is 0 Å². The van der Waals surface area contributed by atoms with Crippen LogP contribution in [0.3, 0.4) is 0 Å². The van der Waals surface area contributed by atoms with Gasteiger partial charge in [-0.1, -0.05) is 23.7 Å². The van der Waals surface area contributed by atoms with Crippen LogP contribution in [0.5, 0.6) is 11.5 Å². The van der Waals surface area contributed by atoms with Crippen LogP contribution < -0.4 is 10.1 Å². The fourth-order valence-corrected chi connectivity index (χ4v) is 3.68. The predicted octanol–water partition coefficient (Wildman–Crippen LogP) is 3.91. The highest BCUT2D eigenvalue weighted by molar-refractivity contribution is 6.31. The molecule has 0 aromatic heterocycles. The number of ether oxygens (including phenoxy) is 1. The summed E-state index contributed by atoms with van der Waals surface area (Å²) in [6.45, 7) is 5.38. The van der Waals surface area contributed by atoms with E-state index in [2.05, 4.69) is 10.2 Å². The van der Waals surface area contributed by atoms with Gasteiger partial charge in [0.05, 0.1) is 11.0 Å². The number of benzene rings is 2. The molecule has 1 unspecified atom stereocenters. The topological polar surface area (TPSA) is 74.2 Å². The van der Waals surface area contributed by atoms with E-state index in [9.17, 15) is 9.90 Å². The molecule has 1 fully saturated rings. The standard InChI is InChI=1S/C21H22ClN3O3/c1-21(2,20(26)27)18-12-25(10-9-23-18)19-14-11-13(22)7-8-16(14)28-17-6-4-3-5-15(17)24-19/h3-8,11,18,23H,9-10,12H2,1-2H3,(H,26,27). The highest BCUT2D eigenvalue weighted by Crippen LogP contribution is 2.39. The molecule has 6 nitrogen and oxygen atoms in total. The Hall–Kier alpha value is -2.57. The van der Waals surface area contributed by atoms with Gasteiger partial charge in [-0.05, 0) is 44.2 Å². The Morgan fingerprint density at radius 1 is 1.29 bits per heavy atom. The summed E-state index contributed by atoms with van der Waals surface area (Å²) in [4.78, 5) is 18.7. The zero-order chi connectivity index (χ0) is 19.9. The molecule has 1 atom stereocenters. The van der Waals surface area contributed by atoms with Crippen molar-refractivity contribution >= 4 is 29.1 Å². The zero-order valence-electron chi connectivity index (χ0n) is 15.8. The first-order chi connectivity index (χ1) is 13.4. The number of carboxylic acid groups (broad SMARTS) is 1. The molecule has 0 aliphatic carbocycles. The quantitative estimate of drug-likeness (QED) is 0.800. The lowest BCUT2D eigenvalue weighted by atomic mass is 9.83. The summed E-state index contributed by atoms with van der Waals surface area (Å²) in [6, 6.07) is 12.9. The van der Waals surface area contributed by atoms with Gasteiger partial charge in [-0.25, -0.2) is 4.99 Å². The van der Waals surface area contributed by atoms with Crippen molar-refractivity contribution in [1.82, 2.24) is 10.2 Å². The first-order valence-electron chi connectivity index (χ1n) is 9.23. The number of carbonyl (C=O) groups is 1. The third-order valence-corrected chi connectivity index (χ3v) is 5.63. The van der Waals surface area contributed by atoms with E-state index in [-0.39, 0.29) is 6.04 Å². The van der Waals surface area contributed by atoms with Gasteiger partial charge in [-0.2, -0.15) is 0 Å². The number of hydrogen-bond acceptors (Lipinski definition) is 5. The second-order valence-corrected chi connectivity index (χ2v) is 8.06. The van der Waals surface area contributed by atoms with Crippen molar-refractivity contribution in [1.29, 1.82) is 0 Å². The van der Waals surface area contributed by atoms with Crippen LogP contribution in [0, 0.1) is 5.41 Å². The van der Waals surface area contributed by atoms with Crippen molar-refractivity contribution in [2.75, 3.05) is 19.6 Å². The molecule has 0 saturated carbocycles. The Labute approximate surface area is 168 Å².